The summed E-state index contributed by atoms with van der Waals surface area (Å²) in [5, 5.41) is 1.06. The Morgan fingerprint density at radius 1 is 1.08 bits per heavy atom. The van der Waals surface area contributed by atoms with Crippen molar-refractivity contribution in [3.05, 3.63) is 72.2 Å². The van der Waals surface area contributed by atoms with E-state index in [2.05, 4.69) is 16.0 Å². The normalized spacial score (nSPS) is 17.6. The van der Waals surface area contributed by atoms with Crippen LogP contribution in [0.15, 0.2) is 60.8 Å². The average Bonchev–Trinajstić information content (AvgIpc) is 2.68. The summed E-state index contributed by atoms with van der Waals surface area (Å²) in [4.78, 5) is 23.8. The molecule has 126 valence electrons. The lowest BCUT2D eigenvalue weighted by atomic mass is 9.93. The fraction of sp³-hybridized carbons (Fsp3) is 0.286. The summed E-state index contributed by atoms with van der Waals surface area (Å²) in [6, 6.07) is 17.7. The molecule has 2 aromatic heterocycles. The van der Waals surface area contributed by atoms with E-state index in [0.717, 1.165) is 48.9 Å². The number of carbonyl (C=O) groups excluding carboxylic acids is 1. The molecule has 4 rings (SSSR count). The largest absolute Gasteiger partial charge is 0.337 e. The zero-order valence-electron chi connectivity index (χ0n) is 14.1. The van der Waals surface area contributed by atoms with Crippen molar-refractivity contribution in [1.29, 1.82) is 0 Å². The van der Waals surface area contributed by atoms with E-state index in [0.29, 0.717) is 11.6 Å². The Kier molecular flexibility index (Phi) is 4.42. The molecule has 0 bridgehead atoms. The van der Waals surface area contributed by atoms with Crippen LogP contribution in [0, 0.1) is 5.92 Å². The monoisotopic (exact) mass is 331 g/mol. The van der Waals surface area contributed by atoms with Crippen molar-refractivity contribution >= 4 is 16.8 Å². The van der Waals surface area contributed by atoms with Crippen LogP contribution < -0.4 is 0 Å². The van der Waals surface area contributed by atoms with E-state index < -0.39 is 0 Å². The Hall–Kier alpha value is -2.75. The summed E-state index contributed by atoms with van der Waals surface area (Å²) in [6.07, 6.45) is 4.94. The third-order valence-electron chi connectivity index (χ3n) is 4.85. The lowest BCUT2D eigenvalue weighted by Gasteiger charge is -2.32. The molecule has 25 heavy (non-hydrogen) atoms. The Bertz CT molecular complexity index is 878. The third-order valence-corrected chi connectivity index (χ3v) is 4.85. The zero-order valence-corrected chi connectivity index (χ0v) is 14.1. The standard InChI is InChI=1S/C21H21N3O/c25-21(20-11-10-17-7-1-2-9-19(17)23-20)24-13-5-6-16(15-24)14-18-8-3-4-12-22-18/h1-4,7-12,16H,5-6,13-15H2/t16-/m0/s1. The van der Waals surface area contributed by atoms with Gasteiger partial charge in [-0.2, -0.15) is 0 Å². The van der Waals surface area contributed by atoms with E-state index in [-0.39, 0.29) is 5.91 Å². The lowest BCUT2D eigenvalue weighted by Crippen LogP contribution is -2.40. The van der Waals surface area contributed by atoms with Crippen molar-refractivity contribution in [3.8, 4) is 0 Å². The molecule has 1 fully saturated rings. The predicted molar refractivity (Wildman–Crippen MR) is 98.3 cm³/mol. The van der Waals surface area contributed by atoms with Gasteiger partial charge in [0.25, 0.3) is 5.91 Å². The number of carbonyl (C=O) groups is 1. The molecule has 1 aromatic carbocycles. The van der Waals surface area contributed by atoms with Crippen LogP contribution in [-0.2, 0) is 6.42 Å². The average molecular weight is 331 g/mol. The van der Waals surface area contributed by atoms with Gasteiger partial charge in [-0.15, -0.1) is 0 Å². The molecule has 1 aliphatic rings. The molecule has 1 atom stereocenters. The minimum atomic E-state index is 0.0384. The first-order valence-corrected chi connectivity index (χ1v) is 8.84. The molecule has 0 aliphatic carbocycles. The summed E-state index contributed by atoms with van der Waals surface area (Å²) in [5.41, 5.74) is 2.51. The van der Waals surface area contributed by atoms with Gasteiger partial charge in [-0.25, -0.2) is 4.98 Å². The Morgan fingerprint density at radius 3 is 2.84 bits per heavy atom. The quantitative estimate of drug-likeness (QED) is 0.735. The van der Waals surface area contributed by atoms with E-state index in [9.17, 15) is 4.79 Å². The number of pyridine rings is 2. The molecular formula is C21H21N3O. The third kappa shape index (κ3) is 3.53. The van der Waals surface area contributed by atoms with E-state index in [1.807, 2.05) is 59.6 Å². The van der Waals surface area contributed by atoms with Crippen molar-refractivity contribution in [1.82, 2.24) is 14.9 Å². The van der Waals surface area contributed by atoms with Crippen LogP contribution in [0.2, 0.25) is 0 Å². The van der Waals surface area contributed by atoms with E-state index in [1.165, 1.54) is 0 Å². The molecule has 0 spiro atoms. The van der Waals surface area contributed by atoms with Gasteiger partial charge < -0.3 is 4.90 Å². The number of para-hydroxylation sites is 1. The van der Waals surface area contributed by atoms with Crippen LogP contribution in [0.5, 0.6) is 0 Å². The summed E-state index contributed by atoms with van der Waals surface area (Å²) in [7, 11) is 0. The Labute approximate surface area is 147 Å². The minimum absolute atomic E-state index is 0.0384. The Balaban J connectivity index is 1.49. The highest BCUT2D eigenvalue weighted by atomic mass is 16.2. The highest BCUT2D eigenvalue weighted by Gasteiger charge is 2.25. The van der Waals surface area contributed by atoms with Crippen LogP contribution in [0.25, 0.3) is 10.9 Å². The molecular weight excluding hydrogens is 310 g/mol. The van der Waals surface area contributed by atoms with Crippen LogP contribution >= 0.6 is 0 Å². The van der Waals surface area contributed by atoms with Crippen molar-refractivity contribution in [2.24, 2.45) is 5.92 Å². The topological polar surface area (TPSA) is 46.1 Å². The number of fused-ring (bicyclic) bond motifs is 1. The van der Waals surface area contributed by atoms with Gasteiger partial charge in [0.2, 0.25) is 0 Å². The van der Waals surface area contributed by atoms with Gasteiger partial charge in [0.15, 0.2) is 0 Å². The number of rotatable bonds is 3. The molecule has 4 heteroatoms. The van der Waals surface area contributed by atoms with Gasteiger partial charge in [-0.3, -0.25) is 9.78 Å². The first-order chi connectivity index (χ1) is 12.3. The minimum Gasteiger partial charge on any atom is -0.337 e. The summed E-state index contributed by atoms with van der Waals surface area (Å²) >= 11 is 0. The molecule has 3 heterocycles. The number of nitrogens with zero attached hydrogens (tertiary/aromatic N) is 3. The first-order valence-electron chi connectivity index (χ1n) is 8.84. The second kappa shape index (κ2) is 7.01. The fourth-order valence-electron chi connectivity index (χ4n) is 3.58. The highest BCUT2D eigenvalue weighted by molar-refractivity contribution is 5.95. The van der Waals surface area contributed by atoms with Crippen LogP contribution in [-0.4, -0.2) is 33.9 Å². The second-order valence-corrected chi connectivity index (χ2v) is 6.67. The number of hydrogen-bond donors (Lipinski definition) is 0. The molecule has 4 nitrogen and oxygen atoms in total. The second-order valence-electron chi connectivity index (χ2n) is 6.67. The lowest BCUT2D eigenvalue weighted by molar-refractivity contribution is 0.0667. The van der Waals surface area contributed by atoms with Crippen molar-refractivity contribution in [2.75, 3.05) is 13.1 Å². The SMILES string of the molecule is O=C(c1ccc2ccccc2n1)N1CCC[C@@H](Cc2ccccn2)C1. The highest BCUT2D eigenvalue weighted by Crippen LogP contribution is 2.22. The first kappa shape index (κ1) is 15.8. The van der Waals surface area contributed by atoms with Crippen LogP contribution in [0.4, 0.5) is 0 Å². The summed E-state index contributed by atoms with van der Waals surface area (Å²) in [6.45, 7) is 1.59. The van der Waals surface area contributed by atoms with Crippen molar-refractivity contribution < 1.29 is 4.79 Å². The predicted octanol–water partition coefficient (Wildman–Crippen LogP) is 3.72. The number of hydrogen-bond acceptors (Lipinski definition) is 3. The van der Waals surface area contributed by atoms with Gasteiger partial charge in [0, 0.05) is 30.4 Å². The van der Waals surface area contributed by atoms with Crippen LogP contribution in [0.3, 0.4) is 0 Å². The number of piperidine rings is 1. The van der Waals surface area contributed by atoms with E-state index >= 15 is 0 Å². The molecule has 0 saturated carbocycles. The maximum absolute atomic E-state index is 12.9. The van der Waals surface area contributed by atoms with Crippen molar-refractivity contribution in [2.45, 2.75) is 19.3 Å². The van der Waals surface area contributed by atoms with Crippen LogP contribution in [0.1, 0.15) is 29.0 Å². The number of likely N-dealkylation sites (tertiary alicyclic amines) is 1. The summed E-state index contributed by atoms with van der Waals surface area (Å²) < 4.78 is 0. The maximum atomic E-state index is 12.9. The summed E-state index contributed by atoms with van der Waals surface area (Å²) in [5.74, 6) is 0.504. The van der Waals surface area contributed by atoms with Gasteiger partial charge in [-0.1, -0.05) is 30.3 Å². The van der Waals surface area contributed by atoms with Gasteiger partial charge in [-0.05, 0) is 49.4 Å². The smallest absolute Gasteiger partial charge is 0.272 e. The van der Waals surface area contributed by atoms with Crippen molar-refractivity contribution in [3.63, 3.8) is 0 Å². The molecule has 1 aliphatic heterocycles. The van der Waals surface area contributed by atoms with E-state index in [4.69, 9.17) is 0 Å². The van der Waals surface area contributed by atoms with Gasteiger partial charge >= 0.3 is 0 Å². The zero-order chi connectivity index (χ0) is 17.1. The van der Waals surface area contributed by atoms with Gasteiger partial charge in [0.1, 0.15) is 5.69 Å². The van der Waals surface area contributed by atoms with Gasteiger partial charge in [0.05, 0.1) is 5.52 Å². The maximum Gasteiger partial charge on any atom is 0.272 e. The molecule has 0 unspecified atom stereocenters. The fourth-order valence-corrected chi connectivity index (χ4v) is 3.58. The number of amides is 1. The number of aromatic nitrogens is 2. The molecule has 0 radical (unpaired) electrons. The molecule has 1 saturated heterocycles. The Morgan fingerprint density at radius 2 is 1.96 bits per heavy atom. The molecule has 1 amide bonds. The molecule has 3 aromatic rings. The number of benzene rings is 1. The molecule has 0 N–H and O–H groups in total. The van der Waals surface area contributed by atoms with E-state index in [1.54, 1.807) is 0 Å².